The van der Waals surface area contributed by atoms with Crippen molar-refractivity contribution in [2.24, 2.45) is 0 Å². The standard InChI is InChI=1S/C18H14BrNO4/c19-14-4-3-5-15(11-14)22-9-2-1-8-20-18(21)13-6-7-16-17(10-13)24-12-23-16/h3-7,10-11H,8-9,12H2,(H,20,21). The Morgan fingerprint density at radius 1 is 1.17 bits per heavy atom. The minimum atomic E-state index is -0.212. The molecule has 0 fully saturated rings. The second-order valence-electron chi connectivity index (χ2n) is 4.85. The van der Waals surface area contributed by atoms with Crippen molar-refractivity contribution in [3.63, 3.8) is 0 Å². The van der Waals surface area contributed by atoms with Gasteiger partial charge in [-0.2, -0.15) is 0 Å². The molecule has 5 nitrogen and oxygen atoms in total. The van der Waals surface area contributed by atoms with Gasteiger partial charge >= 0.3 is 0 Å². The van der Waals surface area contributed by atoms with Crippen molar-refractivity contribution in [1.82, 2.24) is 5.32 Å². The van der Waals surface area contributed by atoms with Crippen molar-refractivity contribution in [3.8, 4) is 29.1 Å². The third-order valence-electron chi connectivity index (χ3n) is 3.20. The quantitative estimate of drug-likeness (QED) is 0.819. The molecule has 0 unspecified atom stereocenters. The fraction of sp³-hybridized carbons (Fsp3) is 0.167. The highest BCUT2D eigenvalue weighted by molar-refractivity contribution is 9.10. The largest absolute Gasteiger partial charge is 0.481 e. The summed E-state index contributed by atoms with van der Waals surface area (Å²) < 4.78 is 16.9. The Balaban J connectivity index is 1.44. The van der Waals surface area contributed by atoms with E-state index in [1.165, 1.54) is 0 Å². The first-order valence-corrected chi connectivity index (χ1v) is 8.03. The van der Waals surface area contributed by atoms with E-state index in [-0.39, 0.29) is 25.9 Å². The van der Waals surface area contributed by atoms with E-state index >= 15 is 0 Å². The molecule has 2 aromatic carbocycles. The molecule has 24 heavy (non-hydrogen) atoms. The molecule has 1 aliphatic rings. The number of nitrogens with one attached hydrogen (secondary N) is 1. The Morgan fingerprint density at radius 3 is 2.92 bits per heavy atom. The number of rotatable bonds is 4. The van der Waals surface area contributed by atoms with Gasteiger partial charge in [0.05, 0.1) is 6.54 Å². The summed E-state index contributed by atoms with van der Waals surface area (Å²) in [7, 11) is 0. The molecule has 0 atom stereocenters. The van der Waals surface area contributed by atoms with E-state index in [4.69, 9.17) is 14.2 Å². The summed E-state index contributed by atoms with van der Waals surface area (Å²) in [6.45, 7) is 0.690. The van der Waals surface area contributed by atoms with Crippen molar-refractivity contribution < 1.29 is 19.0 Å². The third kappa shape index (κ3) is 4.21. The number of hydrogen-bond acceptors (Lipinski definition) is 4. The molecule has 6 heteroatoms. The van der Waals surface area contributed by atoms with Gasteiger partial charge in [-0.3, -0.25) is 4.79 Å². The van der Waals surface area contributed by atoms with Crippen molar-refractivity contribution in [1.29, 1.82) is 0 Å². The average Bonchev–Trinajstić information content (AvgIpc) is 3.05. The van der Waals surface area contributed by atoms with Crippen molar-refractivity contribution in [3.05, 3.63) is 52.5 Å². The highest BCUT2D eigenvalue weighted by Gasteiger charge is 2.15. The first kappa shape index (κ1) is 16.2. The van der Waals surface area contributed by atoms with Crippen LogP contribution in [0.2, 0.25) is 0 Å². The molecule has 3 rings (SSSR count). The lowest BCUT2D eigenvalue weighted by Gasteiger charge is -2.03. The van der Waals surface area contributed by atoms with Crippen LogP contribution in [0, 0.1) is 11.8 Å². The molecule has 0 saturated carbocycles. The van der Waals surface area contributed by atoms with Crippen LogP contribution in [0.5, 0.6) is 17.2 Å². The second-order valence-corrected chi connectivity index (χ2v) is 5.77. The summed E-state index contributed by atoms with van der Waals surface area (Å²) in [5.74, 6) is 7.46. The van der Waals surface area contributed by atoms with Gasteiger partial charge in [0.2, 0.25) is 6.79 Å². The molecular formula is C18H14BrNO4. The lowest BCUT2D eigenvalue weighted by atomic mass is 10.2. The molecule has 0 aliphatic carbocycles. The second kappa shape index (κ2) is 7.75. The van der Waals surface area contributed by atoms with Gasteiger partial charge in [0.15, 0.2) is 11.5 Å². The first-order valence-electron chi connectivity index (χ1n) is 7.24. The number of carbonyl (C=O) groups excluding carboxylic acids is 1. The fourth-order valence-electron chi connectivity index (χ4n) is 2.05. The van der Waals surface area contributed by atoms with Gasteiger partial charge in [-0.15, -0.1) is 0 Å². The Hall–Kier alpha value is -2.65. The smallest absolute Gasteiger partial charge is 0.252 e. The SMILES string of the molecule is O=C(NCC#CCOc1cccc(Br)c1)c1ccc2c(c1)OCO2. The van der Waals surface area contributed by atoms with Gasteiger partial charge in [0.25, 0.3) is 5.91 Å². The average molecular weight is 388 g/mol. The Kier molecular flexibility index (Phi) is 5.24. The van der Waals surface area contributed by atoms with E-state index in [9.17, 15) is 4.79 Å². The Bertz CT molecular complexity index is 810. The van der Waals surface area contributed by atoms with Crippen molar-refractivity contribution in [2.45, 2.75) is 0 Å². The van der Waals surface area contributed by atoms with Crippen LogP contribution in [0.4, 0.5) is 0 Å². The van der Waals surface area contributed by atoms with Crippen LogP contribution in [0.3, 0.4) is 0 Å². The molecule has 1 amide bonds. The van der Waals surface area contributed by atoms with Crippen LogP contribution < -0.4 is 19.5 Å². The van der Waals surface area contributed by atoms with Gasteiger partial charge < -0.3 is 19.5 Å². The number of fused-ring (bicyclic) bond motifs is 1. The topological polar surface area (TPSA) is 56.8 Å². The van der Waals surface area contributed by atoms with Gasteiger partial charge in [-0.05, 0) is 36.4 Å². The molecule has 0 saturated heterocycles. The van der Waals surface area contributed by atoms with Crippen LogP contribution in [-0.2, 0) is 0 Å². The van der Waals surface area contributed by atoms with Crippen LogP contribution in [0.1, 0.15) is 10.4 Å². The number of halogens is 1. The van der Waals surface area contributed by atoms with Crippen LogP contribution in [0.15, 0.2) is 46.9 Å². The van der Waals surface area contributed by atoms with E-state index in [1.54, 1.807) is 18.2 Å². The molecule has 122 valence electrons. The van der Waals surface area contributed by atoms with E-state index in [2.05, 4.69) is 33.1 Å². The maximum atomic E-state index is 12.0. The van der Waals surface area contributed by atoms with E-state index in [1.807, 2.05) is 24.3 Å². The minimum Gasteiger partial charge on any atom is -0.481 e. The lowest BCUT2D eigenvalue weighted by Crippen LogP contribution is -2.23. The van der Waals surface area contributed by atoms with E-state index in [0.29, 0.717) is 17.1 Å². The van der Waals surface area contributed by atoms with E-state index in [0.717, 1.165) is 10.2 Å². The molecule has 0 radical (unpaired) electrons. The van der Waals surface area contributed by atoms with Gasteiger partial charge in [0, 0.05) is 10.0 Å². The molecule has 1 heterocycles. The summed E-state index contributed by atoms with van der Waals surface area (Å²) in [6, 6.07) is 12.6. The molecule has 1 N–H and O–H groups in total. The molecule has 0 spiro atoms. The molecular weight excluding hydrogens is 374 g/mol. The van der Waals surface area contributed by atoms with Gasteiger partial charge in [0.1, 0.15) is 12.4 Å². The maximum Gasteiger partial charge on any atom is 0.252 e. The Morgan fingerprint density at radius 2 is 2.04 bits per heavy atom. The summed E-state index contributed by atoms with van der Waals surface area (Å²) in [6.07, 6.45) is 0. The van der Waals surface area contributed by atoms with Crippen LogP contribution >= 0.6 is 15.9 Å². The zero-order valence-electron chi connectivity index (χ0n) is 12.7. The zero-order valence-corrected chi connectivity index (χ0v) is 14.3. The van der Waals surface area contributed by atoms with Gasteiger partial charge in [-0.25, -0.2) is 0 Å². The van der Waals surface area contributed by atoms with Crippen LogP contribution in [-0.4, -0.2) is 25.9 Å². The summed E-state index contributed by atoms with van der Waals surface area (Å²) in [5.41, 5.74) is 0.506. The molecule has 0 aromatic heterocycles. The van der Waals surface area contributed by atoms with Crippen molar-refractivity contribution >= 4 is 21.8 Å². The molecule has 2 aromatic rings. The highest BCUT2D eigenvalue weighted by Crippen LogP contribution is 2.32. The summed E-state index contributed by atoms with van der Waals surface area (Å²) in [4.78, 5) is 12.0. The fourth-order valence-corrected chi connectivity index (χ4v) is 2.43. The van der Waals surface area contributed by atoms with Crippen LogP contribution in [0.25, 0.3) is 0 Å². The highest BCUT2D eigenvalue weighted by atomic mass is 79.9. The van der Waals surface area contributed by atoms with E-state index < -0.39 is 0 Å². The third-order valence-corrected chi connectivity index (χ3v) is 3.70. The molecule has 0 bridgehead atoms. The predicted octanol–water partition coefficient (Wildman–Crippen LogP) is 2.99. The predicted molar refractivity (Wildman–Crippen MR) is 92.3 cm³/mol. The number of ether oxygens (including phenoxy) is 3. The summed E-state index contributed by atoms with van der Waals surface area (Å²) >= 11 is 3.37. The number of amides is 1. The zero-order chi connectivity index (χ0) is 16.8. The number of benzene rings is 2. The molecule has 1 aliphatic heterocycles. The monoisotopic (exact) mass is 387 g/mol. The first-order chi connectivity index (χ1) is 11.7. The Labute approximate surface area is 148 Å². The minimum absolute atomic E-state index is 0.184. The number of hydrogen-bond donors (Lipinski definition) is 1. The van der Waals surface area contributed by atoms with Gasteiger partial charge in [-0.1, -0.05) is 33.8 Å². The normalized spacial score (nSPS) is 11.4. The summed E-state index contributed by atoms with van der Waals surface area (Å²) in [5, 5.41) is 2.73. The number of carbonyl (C=O) groups is 1. The maximum absolute atomic E-state index is 12.0. The van der Waals surface area contributed by atoms with Crippen molar-refractivity contribution in [2.75, 3.05) is 19.9 Å². The lowest BCUT2D eigenvalue weighted by molar-refractivity contribution is 0.0958.